The third kappa shape index (κ3) is 6.91. The van der Waals surface area contributed by atoms with E-state index in [0.29, 0.717) is 13.2 Å². The molecule has 1 unspecified atom stereocenters. The molecule has 0 bridgehead atoms. The summed E-state index contributed by atoms with van der Waals surface area (Å²) in [7, 11) is 5.79. The second kappa shape index (κ2) is 12.6. The van der Waals surface area contributed by atoms with E-state index in [2.05, 4.69) is 60.8 Å². The molecule has 0 radical (unpaired) electrons. The van der Waals surface area contributed by atoms with E-state index in [-0.39, 0.29) is 36.8 Å². The van der Waals surface area contributed by atoms with Crippen LogP contribution >= 0.6 is 24.8 Å². The van der Waals surface area contributed by atoms with Gasteiger partial charge in [0.05, 0.1) is 18.1 Å². The van der Waals surface area contributed by atoms with Crippen molar-refractivity contribution in [1.82, 2.24) is 15.5 Å². The van der Waals surface area contributed by atoms with Gasteiger partial charge in [0.1, 0.15) is 0 Å². The number of hydrogen-bond donors (Lipinski definition) is 2. The first-order valence-corrected chi connectivity index (χ1v) is 9.25. The minimum Gasteiger partial charge on any atom is -0.384 e. The first kappa shape index (κ1) is 26.1. The normalized spacial score (nSPS) is 16.8. The van der Waals surface area contributed by atoms with Crippen molar-refractivity contribution in [3.63, 3.8) is 0 Å². The molecule has 1 atom stereocenters. The van der Waals surface area contributed by atoms with Crippen LogP contribution in [0.1, 0.15) is 36.9 Å². The number of rotatable bonds is 8. The van der Waals surface area contributed by atoms with E-state index in [4.69, 9.17) is 4.74 Å². The van der Waals surface area contributed by atoms with Crippen LogP contribution in [0.2, 0.25) is 0 Å². The van der Waals surface area contributed by atoms with Gasteiger partial charge in [-0.2, -0.15) is 0 Å². The molecule has 0 spiro atoms. The molecule has 7 heteroatoms. The predicted octanol–water partition coefficient (Wildman–Crippen LogP) is 2.83. The molecule has 5 nitrogen and oxygen atoms in total. The maximum Gasteiger partial charge on any atom is 0.228 e. The number of methoxy groups -OCH3 is 1. The van der Waals surface area contributed by atoms with Crippen molar-refractivity contribution in [2.45, 2.75) is 32.2 Å². The van der Waals surface area contributed by atoms with Crippen LogP contribution in [0.5, 0.6) is 0 Å². The minimum absolute atomic E-state index is 0. The number of aryl methyl sites for hydroxylation is 1. The molecule has 2 N–H and O–H groups in total. The van der Waals surface area contributed by atoms with E-state index in [0.717, 1.165) is 32.4 Å². The van der Waals surface area contributed by atoms with Crippen LogP contribution in [-0.4, -0.2) is 58.3 Å². The number of nitrogens with one attached hydrogen (secondary N) is 2. The van der Waals surface area contributed by atoms with Gasteiger partial charge in [-0.05, 0) is 57.6 Å². The zero-order valence-corrected chi connectivity index (χ0v) is 18.5. The van der Waals surface area contributed by atoms with Gasteiger partial charge in [0.25, 0.3) is 0 Å². The van der Waals surface area contributed by atoms with Crippen molar-refractivity contribution >= 4 is 30.7 Å². The van der Waals surface area contributed by atoms with Crippen molar-refractivity contribution in [3.05, 3.63) is 35.4 Å². The first-order valence-electron chi connectivity index (χ1n) is 9.25. The lowest BCUT2D eigenvalue weighted by atomic mass is 9.78. The number of halogens is 2. The zero-order valence-electron chi connectivity index (χ0n) is 16.9. The maximum absolute atomic E-state index is 12.9. The Balaban J connectivity index is 0.00000338. The van der Waals surface area contributed by atoms with E-state index in [1.165, 1.54) is 11.1 Å². The van der Waals surface area contributed by atoms with Crippen molar-refractivity contribution in [1.29, 1.82) is 0 Å². The number of benzene rings is 1. The lowest BCUT2D eigenvalue weighted by Gasteiger charge is -2.36. The molecule has 0 aromatic heterocycles. The van der Waals surface area contributed by atoms with Crippen molar-refractivity contribution in [3.8, 4) is 0 Å². The number of carbonyl (C=O) groups excluding carboxylic acids is 1. The second-order valence-electron chi connectivity index (χ2n) is 7.25. The number of piperidine rings is 1. The predicted molar refractivity (Wildman–Crippen MR) is 116 cm³/mol. The molecule has 1 heterocycles. The summed E-state index contributed by atoms with van der Waals surface area (Å²) in [4.78, 5) is 15.1. The summed E-state index contributed by atoms with van der Waals surface area (Å²) in [6, 6.07) is 8.85. The van der Waals surface area contributed by atoms with Crippen LogP contribution in [0.15, 0.2) is 24.3 Å². The van der Waals surface area contributed by atoms with Crippen molar-refractivity contribution in [2.24, 2.45) is 5.41 Å². The average molecular weight is 420 g/mol. The zero-order chi connectivity index (χ0) is 18.3. The van der Waals surface area contributed by atoms with Crippen LogP contribution in [0.3, 0.4) is 0 Å². The molecule has 1 aromatic rings. The van der Waals surface area contributed by atoms with Gasteiger partial charge in [-0.25, -0.2) is 0 Å². The Bertz CT molecular complexity index is 541. The first-order chi connectivity index (χ1) is 12.0. The summed E-state index contributed by atoms with van der Waals surface area (Å²) in [6.07, 6.45) is 2.69. The van der Waals surface area contributed by atoms with Gasteiger partial charge in [0.15, 0.2) is 0 Å². The molecule has 1 saturated heterocycles. The van der Waals surface area contributed by atoms with Gasteiger partial charge in [-0.1, -0.05) is 31.2 Å². The fourth-order valence-electron chi connectivity index (χ4n) is 3.57. The van der Waals surface area contributed by atoms with E-state index in [9.17, 15) is 4.79 Å². The van der Waals surface area contributed by atoms with Gasteiger partial charge in [-0.3, -0.25) is 4.79 Å². The van der Waals surface area contributed by atoms with Gasteiger partial charge in [0.2, 0.25) is 5.91 Å². The van der Waals surface area contributed by atoms with Crippen LogP contribution in [0, 0.1) is 5.41 Å². The van der Waals surface area contributed by atoms with Gasteiger partial charge >= 0.3 is 0 Å². The van der Waals surface area contributed by atoms with Gasteiger partial charge < -0.3 is 20.3 Å². The number of likely N-dealkylation sites (N-methyl/N-ethyl adjacent to an activating group) is 1. The smallest absolute Gasteiger partial charge is 0.228 e. The molecule has 1 fully saturated rings. The molecule has 0 saturated carbocycles. The highest BCUT2D eigenvalue weighted by molar-refractivity contribution is 5.85. The number of amides is 1. The largest absolute Gasteiger partial charge is 0.384 e. The third-order valence-corrected chi connectivity index (χ3v) is 5.32. The number of hydrogen-bond acceptors (Lipinski definition) is 4. The van der Waals surface area contributed by atoms with E-state index >= 15 is 0 Å². The SMILES string of the molecule is CCc1ccc(C(CNC(=O)C2(COC)CCNCC2)N(C)C)cc1.Cl.Cl. The molecule has 27 heavy (non-hydrogen) atoms. The number of ether oxygens (including phenoxy) is 1. The number of carbonyl (C=O) groups is 1. The van der Waals surface area contributed by atoms with E-state index < -0.39 is 5.41 Å². The minimum atomic E-state index is -0.400. The summed E-state index contributed by atoms with van der Waals surface area (Å²) in [6.45, 7) is 4.99. The van der Waals surface area contributed by atoms with Crippen molar-refractivity contribution in [2.75, 3.05) is 47.4 Å². The summed E-state index contributed by atoms with van der Waals surface area (Å²) in [5, 5.41) is 6.53. The Kier molecular flexibility index (Phi) is 12.2. The molecule has 0 aliphatic carbocycles. The summed E-state index contributed by atoms with van der Waals surface area (Å²) >= 11 is 0. The van der Waals surface area contributed by atoms with E-state index in [1.807, 2.05) is 0 Å². The van der Waals surface area contributed by atoms with Crippen LogP contribution in [0.25, 0.3) is 0 Å². The summed E-state index contributed by atoms with van der Waals surface area (Å²) in [5.41, 5.74) is 2.16. The van der Waals surface area contributed by atoms with Gasteiger partial charge in [-0.15, -0.1) is 24.8 Å². The van der Waals surface area contributed by atoms with Crippen LogP contribution < -0.4 is 10.6 Å². The highest BCUT2D eigenvalue weighted by Crippen LogP contribution is 2.30. The molecular formula is C20H35Cl2N3O2. The van der Waals surface area contributed by atoms with Gasteiger partial charge in [0, 0.05) is 13.7 Å². The molecule has 156 valence electrons. The standard InChI is InChI=1S/C20H33N3O2.2ClH/c1-5-16-6-8-17(9-7-16)18(23(2)3)14-22-19(24)20(15-25-4)10-12-21-13-11-20;;/h6-9,18,21H,5,10-15H2,1-4H3,(H,22,24);2*1H. The fourth-order valence-corrected chi connectivity index (χ4v) is 3.57. The Morgan fingerprint density at radius 1 is 1.22 bits per heavy atom. The van der Waals surface area contributed by atoms with Crippen LogP contribution in [-0.2, 0) is 16.0 Å². The lowest BCUT2D eigenvalue weighted by Crippen LogP contribution is -2.51. The molecule has 1 aliphatic heterocycles. The average Bonchev–Trinajstić information content (AvgIpc) is 2.63. The summed E-state index contributed by atoms with van der Waals surface area (Å²) in [5.74, 6) is 0.118. The van der Waals surface area contributed by atoms with E-state index in [1.54, 1.807) is 7.11 Å². The highest BCUT2D eigenvalue weighted by Gasteiger charge is 2.39. The Morgan fingerprint density at radius 3 is 2.30 bits per heavy atom. The summed E-state index contributed by atoms with van der Waals surface area (Å²) < 4.78 is 5.37. The Hall–Kier alpha value is -0.850. The third-order valence-electron chi connectivity index (χ3n) is 5.32. The highest BCUT2D eigenvalue weighted by atomic mass is 35.5. The topological polar surface area (TPSA) is 53.6 Å². The second-order valence-corrected chi connectivity index (χ2v) is 7.25. The number of nitrogens with zero attached hydrogens (tertiary/aromatic N) is 1. The lowest BCUT2D eigenvalue weighted by molar-refractivity contribution is -0.136. The maximum atomic E-state index is 12.9. The molecular weight excluding hydrogens is 385 g/mol. The Labute approximate surface area is 176 Å². The molecule has 2 rings (SSSR count). The quantitative estimate of drug-likeness (QED) is 0.679. The fraction of sp³-hybridized carbons (Fsp3) is 0.650. The molecule has 1 aliphatic rings. The monoisotopic (exact) mass is 419 g/mol. The molecule has 1 aromatic carbocycles. The molecule has 1 amide bonds. The van der Waals surface area contributed by atoms with Crippen LogP contribution in [0.4, 0.5) is 0 Å². The van der Waals surface area contributed by atoms with Crippen molar-refractivity contribution < 1.29 is 9.53 Å². The Morgan fingerprint density at radius 2 is 1.81 bits per heavy atom.